The smallest absolute Gasteiger partial charge is 0.136 e. The summed E-state index contributed by atoms with van der Waals surface area (Å²) in [4.78, 5) is 7.32. The van der Waals surface area contributed by atoms with E-state index in [0.717, 1.165) is 5.82 Å². The van der Waals surface area contributed by atoms with Gasteiger partial charge < -0.3 is 4.57 Å². The van der Waals surface area contributed by atoms with Crippen LogP contribution >= 0.6 is 0 Å². The minimum atomic E-state index is 0.568. The molecule has 1 fully saturated rings. The van der Waals surface area contributed by atoms with Crippen LogP contribution in [0.3, 0.4) is 0 Å². The zero-order valence-electron chi connectivity index (χ0n) is 13.3. The van der Waals surface area contributed by atoms with Crippen LogP contribution in [0, 0.1) is 13.8 Å². The average Bonchev–Trinajstić information content (AvgIpc) is 3.07. The van der Waals surface area contributed by atoms with Gasteiger partial charge in [0.1, 0.15) is 5.82 Å². The molecule has 2 aromatic rings. The van der Waals surface area contributed by atoms with E-state index in [2.05, 4.69) is 60.7 Å². The second-order valence-corrected chi connectivity index (χ2v) is 6.10. The Labute approximate surface area is 127 Å². The fourth-order valence-corrected chi connectivity index (χ4v) is 3.52. The number of hydrogen-bond acceptors (Lipinski definition) is 2. The highest BCUT2D eigenvalue weighted by Gasteiger charge is 2.25. The number of rotatable bonds is 4. The van der Waals surface area contributed by atoms with Gasteiger partial charge in [0.15, 0.2) is 0 Å². The number of aromatic nitrogens is 2. The molecule has 0 spiro atoms. The molecule has 1 aliphatic heterocycles. The first-order valence-electron chi connectivity index (χ1n) is 8.06. The summed E-state index contributed by atoms with van der Waals surface area (Å²) >= 11 is 0. The van der Waals surface area contributed by atoms with Crippen molar-refractivity contribution in [3.63, 3.8) is 0 Å². The van der Waals surface area contributed by atoms with Gasteiger partial charge in [-0.05, 0) is 70.0 Å². The Hall–Kier alpha value is -1.61. The number of aryl methyl sites for hydroxylation is 2. The quantitative estimate of drug-likeness (QED) is 0.844. The molecule has 0 N–H and O–H groups in total. The van der Waals surface area contributed by atoms with Crippen LogP contribution in [0.5, 0.6) is 0 Å². The lowest BCUT2D eigenvalue weighted by Gasteiger charge is -2.24. The first-order valence-corrected chi connectivity index (χ1v) is 8.06. The third-order valence-corrected chi connectivity index (χ3v) is 4.53. The van der Waals surface area contributed by atoms with E-state index in [4.69, 9.17) is 4.98 Å². The molecule has 3 heterocycles. The minimum Gasteiger partial charge on any atom is -0.303 e. The van der Waals surface area contributed by atoms with Crippen molar-refractivity contribution in [2.24, 2.45) is 0 Å². The SMILES string of the molecule is CCCN1CCCC1c1ccc(-n2c(C)ccc2C)nc1. The van der Waals surface area contributed by atoms with Crippen LogP contribution in [-0.4, -0.2) is 27.5 Å². The van der Waals surface area contributed by atoms with E-state index >= 15 is 0 Å². The standard InChI is InChI=1S/C18H25N3/c1-4-11-20-12-5-6-17(20)16-9-10-18(19-13-16)21-14(2)7-8-15(21)3/h7-10,13,17H,4-6,11-12H2,1-3H3. The molecule has 1 aliphatic rings. The van der Waals surface area contributed by atoms with Crippen LogP contribution in [0.4, 0.5) is 0 Å². The van der Waals surface area contributed by atoms with E-state index in [0.29, 0.717) is 6.04 Å². The summed E-state index contributed by atoms with van der Waals surface area (Å²) in [6.45, 7) is 8.94. The van der Waals surface area contributed by atoms with Crippen molar-refractivity contribution < 1.29 is 0 Å². The predicted molar refractivity (Wildman–Crippen MR) is 86.9 cm³/mol. The van der Waals surface area contributed by atoms with Gasteiger partial charge in [-0.1, -0.05) is 13.0 Å². The van der Waals surface area contributed by atoms with Crippen LogP contribution < -0.4 is 0 Å². The summed E-state index contributed by atoms with van der Waals surface area (Å²) in [7, 11) is 0. The van der Waals surface area contributed by atoms with Crippen molar-refractivity contribution in [2.75, 3.05) is 13.1 Å². The fourth-order valence-electron chi connectivity index (χ4n) is 3.52. The lowest BCUT2D eigenvalue weighted by atomic mass is 10.1. The second-order valence-electron chi connectivity index (χ2n) is 6.10. The molecule has 3 rings (SSSR count). The topological polar surface area (TPSA) is 21.1 Å². The number of likely N-dealkylation sites (tertiary alicyclic amines) is 1. The number of hydrogen-bond donors (Lipinski definition) is 0. The van der Waals surface area contributed by atoms with Crippen molar-refractivity contribution in [2.45, 2.75) is 46.1 Å². The van der Waals surface area contributed by atoms with E-state index in [-0.39, 0.29) is 0 Å². The number of nitrogens with zero attached hydrogens (tertiary/aromatic N) is 3. The minimum absolute atomic E-state index is 0.568. The van der Waals surface area contributed by atoms with Crippen LogP contribution in [0.25, 0.3) is 5.82 Å². The molecule has 0 saturated carbocycles. The maximum absolute atomic E-state index is 4.72. The Morgan fingerprint density at radius 1 is 1.14 bits per heavy atom. The fraction of sp³-hybridized carbons (Fsp3) is 0.500. The summed E-state index contributed by atoms with van der Waals surface area (Å²) in [5, 5.41) is 0. The summed E-state index contributed by atoms with van der Waals surface area (Å²) in [5.74, 6) is 1.03. The first kappa shape index (κ1) is 14.3. The highest BCUT2D eigenvalue weighted by Crippen LogP contribution is 2.31. The molecule has 21 heavy (non-hydrogen) atoms. The summed E-state index contributed by atoms with van der Waals surface area (Å²) in [5.41, 5.74) is 3.84. The Morgan fingerprint density at radius 2 is 1.90 bits per heavy atom. The predicted octanol–water partition coefficient (Wildman–Crippen LogP) is 4.04. The lowest BCUT2D eigenvalue weighted by molar-refractivity contribution is 0.257. The second kappa shape index (κ2) is 6.02. The van der Waals surface area contributed by atoms with Gasteiger partial charge in [0.25, 0.3) is 0 Å². The van der Waals surface area contributed by atoms with E-state index < -0.39 is 0 Å². The molecule has 0 amide bonds. The van der Waals surface area contributed by atoms with Gasteiger partial charge in [-0.2, -0.15) is 0 Å². The zero-order valence-corrected chi connectivity index (χ0v) is 13.3. The van der Waals surface area contributed by atoms with Crippen LogP contribution in [0.2, 0.25) is 0 Å². The molecule has 0 aliphatic carbocycles. The normalized spacial score (nSPS) is 19.3. The van der Waals surface area contributed by atoms with E-state index in [1.54, 1.807) is 0 Å². The van der Waals surface area contributed by atoms with Crippen LogP contribution in [-0.2, 0) is 0 Å². The van der Waals surface area contributed by atoms with Crippen LogP contribution in [0.15, 0.2) is 30.5 Å². The molecule has 0 aromatic carbocycles. The Balaban J connectivity index is 1.84. The van der Waals surface area contributed by atoms with Crippen LogP contribution in [0.1, 0.15) is 49.2 Å². The van der Waals surface area contributed by atoms with Gasteiger partial charge >= 0.3 is 0 Å². The molecular weight excluding hydrogens is 258 g/mol. The molecule has 3 nitrogen and oxygen atoms in total. The Morgan fingerprint density at radius 3 is 2.52 bits per heavy atom. The Kier molecular flexibility index (Phi) is 4.11. The van der Waals surface area contributed by atoms with E-state index in [9.17, 15) is 0 Å². The van der Waals surface area contributed by atoms with Gasteiger partial charge in [-0.3, -0.25) is 4.90 Å². The molecule has 0 bridgehead atoms. The zero-order chi connectivity index (χ0) is 14.8. The van der Waals surface area contributed by atoms with Crippen molar-refractivity contribution in [1.82, 2.24) is 14.5 Å². The maximum Gasteiger partial charge on any atom is 0.136 e. The van der Waals surface area contributed by atoms with Crippen molar-refractivity contribution in [3.8, 4) is 5.82 Å². The highest BCUT2D eigenvalue weighted by molar-refractivity contribution is 5.33. The molecule has 1 saturated heterocycles. The largest absolute Gasteiger partial charge is 0.303 e. The van der Waals surface area contributed by atoms with Gasteiger partial charge in [0, 0.05) is 23.6 Å². The molecule has 3 heteroatoms. The van der Waals surface area contributed by atoms with Gasteiger partial charge in [0.2, 0.25) is 0 Å². The summed E-state index contributed by atoms with van der Waals surface area (Å²) < 4.78 is 2.21. The van der Waals surface area contributed by atoms with E-state index in [1.807, 2.05) is 0 Å². The average molecular weight is 283 g/mol. The molecule has 1 unspecified atom stereocenters. The van der Waals surface area contributed by atoms with E-state index in [1.165, 1.54) is 49.3 Å². The molecule has 0 radical (unpaired) electrons. The Bertz CT molecular complexity index is 578. The number of pyridine rings is 1. The molecule has 2 aromatic heterocycles. The van der Waals surface area contributed by atoms with Gasteiger partial charge in [-0.25, -0.2) is 4.98 Å². The lowest BCUT2D eigenvalue weighted by Crippen LogP contribution is -2.24. The summed E-state index contributed by atoms with van der Waals surface area (Å²) in [6.07, 6.45) is 5.88. The third-order valence-electron chi connectivity index (χ3n) is 4.53. The monoisotopic (exact) mass is 283 g/mol. The molecular formula is C18H25N3. The molecule has 1 atom stereocenters. The van der Waals surface area contributed by atoms with Gasteiger partial charge in [0.05, 0.1) is 0 Å². The summed E-state index contributed by atoms with van der Waals surface area (Å²) in [6, 6.07) is 9.28. The van der Waals surface area contributed by atoms with Gasteiger partial charge in [-0.15, -0.1) is 0 Å². The third kappa shape index (κ3) is 2.75. The first-order chi connectivity index (χ1) is 10.2. The highest BCUT2D eigenvalue weighted by atomic mass is 15.2. The van der Waals surface area contributed by atoms with Crippen molar-refractivity contribution in [3.05, 3.63) is 47.4 Å². The van der Waals surface area contributed by atoms with Crippen molar-refractivity contribution >= 4 is 0 Å². The molecule has 112 valence electrons. The maximum atomic E-state index is 4.72. The van der Waals surface area contributed by atoms with Crippen molar-refractivity contribution in [1.29, 1.82) is 0 Å².